The van der Waals surface area contributed by atoms with E-state index in [1.165, 1.54) is 12.1 Å². The van der Waals surface area contributed by atoms with Crippen LogP contribution in [-0.2, 0) is 32.7 Å². The summed E-state index contributed by atoms with van der Waals surface area (Å²) in [7, 11) is 0. The van der Waals surface area contributed by atoms with Gasteiger partial charge in [0.1, 0.15) is 5.75 Å². The third kappa shape index (κ3) is 3.66. The van der Waals surface area contributed by atoms with Crippen LogP contribution in [0.1, 0.15) is 26.3 Å². The van der Waals surface area contributed by atoms with E-state index in [4.69, 9.17) is 4.74 Å². The van der Waals surface area contributed by atoms with Gasteiger partial charge in [-0.05, 0) is 25.1 Å². The molecule has 1 radical (unpaired) electrons. The van der Waals surface area contributed by atoms with Crippen molar-refractivity contribution < 1.29 is 46.2 Å². The molecule has 1 heterocycles. The maximum Gasteiger partial charge on any atom is 0.122 e. The van der Waals surface area contributed by atoms with Gasteiger partial charge in [0.2, 0.25) is 0 Å². The van der Waals surface area contributed by atoms with Gasteiger partial charge in [0.15, 0.2) is 0 Å². The van der Waals surface area contributed by atoms with Crippen molar-refractivity contribution in [3.05, 3.63) is 59.3 Å². The number of likely N-dealkylation sites (N-methyl/N-ethyl adjacent to an activating group) is 1. The molecule has 0 spiro atoms. The van der Waals surface area contributed by atoms with E-state index in [-0.39, 0.29) is 44.0 Å². The zero-order valence-corrected chi connectivity index (χ0v) is 15.9. The van der Waals surface area contributed by atoms with Gasteiger partial charge in [-0.3, -0.25) is 0 Å². The van der Waals surface area contributed by atoms with E-state index >= 15 is 0 Å². The predicted octanol–water partition coefficient (Wildman–Crippen LogP) is 4.30. The number of nitrogens with zero attached hydrogens (tertiary/aromatic N) is 1. The van der Waals surface area contributed by atoms with Crippen LogP contribution in [0, 0.1) is 17.7 Å². The Balaban J connectivity index is 0.00000242. The largest absolute Gasteiger partial charge is 0.494 e. The van der Waals surface area contributed by atoms with Gasteiger partial charge in [-0.25, -0.2) is 8.78 Å². The molecule has 22 heavy (non-hydrogen) atoms. The smallest absolute Gasteiger partial charge is 0.122 e. The molecule has 0 atom stereocenters. The minimum Gasteiger partial charge on any atom is -0.494 e. The second-order valence-electron chi connectivity index (χ2n) is 4.71. The summed E-state index contributed by atoms with van der Waals surface area (Å²) in [6, 6.07) is 2.39. The van der Waals surface area contributed by atoms with Crippen molar-refractivity contribution in [3.8, 4) is 5.75 Å². The molecular formula is C17H18F2NOY-. The number of rotatable bonds is 4. The third-order valence-electron chi connectivity index (χ3n) is 3.36. The van der Waals surface area contributed by atoms with Crippen molar-refractivity contribution in [1.29, 1.82) is 0 Å². The normalized spacial score (nSPS) is 14.2. The van der Waals surface area contributed by atoms with Crippen molar-refractivity contribution >= 4 is 5.70 Å². The van der Waals surface area contributed by atoms with Crippen LogP contribution in [0.2, 0.25) is 0 Å². The fraction of sp³-hybridized carbons (Fsp3) is 0.294. The summed E-state index contributed by atoms with van der Waals surface area (Å²) in [5.41, 5.74) is 1.89. The van der Waals surface area contributed by atoms with E-state index in [0.29, 0.717) is 18.8 Å². The number of hydrogen-bond acceptors (Lipinski definition) is 2. The molecule has 1 aliphatic rings. The average Bonchev–Trinajstić information content (AvgIpc) is 2.42. The molecule has 0 bridgehead atoms. The summed E-state index contributed by atoms with van der Waals surface area (Å²) in [6.45, 7) is 10.4. The molecule has 1 aromatic rings. The fourth-order valence-electron chi connectivity index (χ4n) is 2.27. The molecular weight excluding hydrogens is 361 g/mol. The van der Waals surface area contributed by atoms with Gasteiger partial charge in [0.05, 0.1) is 18.2 Å². The third-order valence-corrected chi connectivity index (χ3v) is 3.36. The quantitative estimate of drug-likeness (QED) is 0.724. The first-order valence-electron chi connectivity index (χ1n) is 6.88. The Hall–Kier alpha value is -0.996. The van der Waals surface area contributed by atoms with Crippen molar-refractivity contribution in [2.75, 3.05) is 13.2 Å². The van der Waals surface area contributed by atoms with Crippen molar-refractivity contribution in [1.82, 2.24) is 4.90 Å². The van der Waals surface area contributed by atoms with Gasteiger partial charge in [-0.1, -0.05) is 19.2 Å². The van der Waals surface area contributed by atoms with Crippen LogP contribution < -0.4 is 4.74 Å². The van der Waals surface area contributed by atoms with Crippen molar-refractivity contribution in [2.24, 2.45) is 0 Å². The Morgan fingerprint density at radius 2 is 1.82 bits per heavy atom. The average molecular weight is 379 g/mol. The van der Waals surface area contributed by atoms with Gasteiger partial charge in [0.25, 0.3) is 0 Å². The Morgan fingerprint density at radius 1 is 1.23 bits per heavy atom. The number of hydrogen-bond donors (Lipinski definition) is 0. The van der Waals surface area contributed by atoms with Crippen LogP contribution in [0.5, 0.6) is 5.75 Å². The van der Waals surface area contributed by atoms with E-state index < -0.39 is 11.6 Å². The summed E-state index contributed by atoms with van der Waals surface area (Å²) in [5, 5.41) is 0. The number of halogens is 2. The molecule has 0 aliphatic carbocycles. The summed E-state index contributed by atoms with van der Waals surface area (Å²) >= 11 is 0. The molecule has 0 unspecified atom stereocenters. The number of ether oxygens (including phenoxy) is 1. The molecule has 0 saturated carbocycles. The molecule has 2 rings (SSSR count). The van der Waals surface area contributed by atoms with Gasteiger partial charge in [0, 0.05) is 51.4 Å². The van der Waals surface area contributed by atoms with Crippen LogP contribution >= 0.6 is 0 Å². The van der Waals surface area contributed by atoms with Crippen LogP contribution in [-0.4, -0.2) is 18.1 Å². The van der Waals surface area contributed by atoms with Crippen molar-refractivity contribution in [2.45, 2.75) is 20.8 Å². The van der Waals surface area contributed by atoms with Gasteiger partial charge >= 0.3 is 0 Å². The van der Waals surface area contributed by atoms with E-state index in [0.717, 1.165) is 11.3 Å². The number of benzene rings is 1. The summed E-state index contributed by atoms with van der Waals surface area (Å²) in [5.74, 6) is -1.15. The van der Waals surface area contributed by atoms with E-state index in [1.54, 1.807) is 17.9 Å². The maximum absolute atomic E-state index is 14.3. The molecule has 0 saturated heterocycles. The van der Waals surface area contributed by atoms with E-state index in [2.05, 4.69) is 12.7 Å². The monoisotopic (exact) mass is 379 g/mol. The molecule has 1 aliphatic heterocycles. The first-order valence-corrected chi connectivity index (χ1v) is 6.88. The first-order chi connectivity index (χ1) is 9.99. The Bertz CT molecular complexity index is 615. The minimum atomic E-state index is -0.667. The SMILES string of the molecule is C=C1C(C)=C[C-]=C(c2c(F)cc(OCC)cc2F)N1CC.[Y]. The molecule has 5 heteroatoms. The first kappa shape index (κ1) is 19.1. The van der Waals surface area contributed by atoms with E-state index in [1.807, 2.05) is 13.8 Å². The zero-order chi connectivity index (χ0) is 15.6. The van der Waals surface area contributed by atoms with Crippen LogP contribution in [0.25, 0.3) is 5.70 Å². The topological polar surface area (TPSA) is 12.5 Å². The molecule has 0 aromatic heterocycles. The predicted molar refractivity (Wildman–Crippen MR) is 79.5 cm³/mol. The summed E-state index contributed by atoms with van der Waals surface area (Å²) in [4.78, 5) is 1.75. The minimum absolute atomic E-state index is 0. The molecule has 0 amide bonds. The molecule has 1 aromatic carbocycles. The van der Waals surface area contributed by atoms with Gasteiger partial charge in [-0.2, -0.15) is 12.2 Å². The Morgan fingerprint density at radius 3 is 2.32 bits per heavy atom. The Labute approximate surface area is 155 Å². The number of allylic oxidation sites excluding steroid dienone is 3. The van der Waals surface area contributed by atoms with E-state index in [9.17, 15) is 8.78 Å². The summed E-state index contributed by atoms with van der Waals surface area (Å²) < 4.78 is 33.7. The molecule has 0 N–H and O–H groups in total. The van der Waals surface area contributed by atoms with Gasteiger partial charge in [-0.15, -0.1) is 5.57 Å². The fourth-order valence-corrected chi connectivity index (χ4v) is 2.27. The maximum atomic E-state index is 14.3. The van der Waals surface area contributed by atoms with Crippen LogP contribution in [0.4, 0.5) is 8.78 Å². The van der Waals surface area contributed by atoms with Gasteiger partial charge < -0.3 is 9.64 Å². The van der Waals surface area contributed by atoms with Crippen LogP contribution in [0.15, 0.2) is 36.1 Å². The second-order valence-corrected chi connectivity index (χ2v) is 4.71. The molecule has 2 nitrogen and oxygen atoms in total. The zero-order valence-electron chi connectivity index (χ0n) is 13.0. The van der Waals surface area contributed by atoms with Crippen LogP contribution in [0.3, 0.4) is 0 Å². The van der Waals surface area contributed by atoms with Crippen molar-refractivity contribution in [3.63, 3.8) is 0 Å². The molecule has 0 fully saturated rings. The summed E-state index contributed by atoms with van der Waals surface area (Å²) in [6.07, 6.45) is 4.64. The standard InChI is InChI=1S/C17H18F2NO.Y/c1-5-20-12(4)11(3)7-8-16(20)17-14(18)9-13(21-6-2)10-15(17)19;/h7,9-10H,4-6H2,1-3H3;/q-1;. The Kier molecular flexibility index (Phi) is 6.95. The second kappa shape index (κ2) is 8.02. The molecule has 115 valence electrons.